The van der Waals surface area contributed by atoms with Crippen molar-refractivity contribution in [1.82, 2.24) is 9.55 Å². The lowest BCUT2D eigenvalue weighted by atomic mass is 10.1. The summed E-state index contributed by atoms with van der Waals surface area (Å²) in [5.41, 5.74) is 2.52. The molecule has 0 bridgehead atoms. The van der Waals surface area contributed by atoms with Gasteiger partial charge in [0.2, 0.25) is 9.84 Å². The van der Waals surface area contributed by atoms with Crippen LogP contribution in [0, 0.1) is 13.8 Å². The third kappa shape index (κ3) is 2.27. The predicted octanol–water partition coefficient (Wildman–Crippen LogP) is 3.79. The number of aromatic nitrogens is 2. The molecule has 0 saturated heterocycles. The smallest absolute Gasteiger partial charge is 0.210 e. The largest absolute Gasteiger partial charge is 0.349 e. The van der Waals surface area contributed by atoms with Crippen molar-refractivity contribution in [3.63, 3.8) is 0 Å². The number of pyridine rings is 1. The Morgan fingerprint density at radius 3 is 2.55 bits per heavy atom. The van der Waals surface area contributed by atoms with Gasteiger partial charge in [0.1, 0.15) is 4.60 Å². The van der Waals surface area contributed by atoms with Gasteiger partial charge in [-0.3, -0.25) is 0 Å². The molecular formula is C16H15BrN2O2S. The molecule has 0 radical (unpaired) electrons. The maximum absolute atomic E-state index is 13.1. The third-order valence-corrected chi connectivity index (χ3v) is 6.13. The standard InChI is InChI=1S/C16H15BrN2O2S/c1-10-5-4-6-12-16(10)14(9-19(12)3)22(20,21)13-8-18-15(17)7-11(13)2/h4-9H,1-3H3. The van der Waals surface area contributed by atoms with Crippen LogP contribution in [0.25, 0.3) is 10.9 Å². The first-order valence-electron chi connectivity index (χ1n) is 6.74. The molecule has 0 aliphatic rings. The van der Waals surface area contributed by atoms with Crippen LogP contribution in [0.1, 0.15) is 11.1 Å². The number of rotatable bonds is 2. The Bertz CT molecular complexity index is 991. The fourth-order valence-corrected chi connectivity index (χ4v) is 4.88. The number of fused-ring (bicyclic) bond motifs is 1. The first-order chi connectivity index (χ1) is 10.3. The van der Waals surface area contributed by atoms with Gasteiger partial charge >= 0.3 is 0 Å². The van der Waals surface area contributed by atoms with Gasteiger partial charge in [-0.1, -0.05) is 12.1 Å². The van der Waals surface area contributed by atoms with Crippen molar-refractivity contribution in [3.8, 4) is 0 Å². The van der Waals surface area contributed by atoms with Crippen LogP contribution in [0.15, 0.2) is 51.1 Å². The zero-order valence-electron chi connectivity index (χ0n) is 12.5. The lowest BCUT2D eigenvalue weighted by molar-refractivity contribution is 0.595. The molecule has 0 aliphatic carbocycles. The Morgan fingerprint density at radius 1 is 1.14 bits per heavy atom. The molecule has 0 fully saturated rings. The van der Waals surface area contributed by atoms with Crippen LogP contribution >= 0.6 is 15.9 Å². The minimum atomic E-state index is -3.62. The van der Waals surface area contributed by atoms with E-state index in [0.29, 0.717) is 15.1 Å². The molecule has 0 amide bonds. The molecule has 3 aromatic rings. The molecule has 6 heteroatoms. The predicted molar refractivity (Wildman–Crippen MR) is 89.8 cm³/mol. The molecule has 0 saturated carbocycles. The number of aryl methyl sites for hydroxylation is 3. The number of hydrogen-bond donors (Lipinski definition) is 0. The molecule has 0 N–H and O–H groups in total. The minimum Gasteiger partial charge on any atom is -0.349 e. The summed E-state index contributed by atoms with van der Waals surface area (Å²) in [6, 6.07) is 7.49. The van der Waals surface area contributed by atoms with E-state index in [4.69, 9.17) is 0 Å². The molecular weight excluding hydrogens is 364 g/mol. The summed E-state index contributed by atoms with van der Waals surface area (Å²) >= 11 is 3.26. The Morgan fingerprint density at radius 2 is 1.86 bits per heavy atom. The Balaban J connectivity index is 2.35. The number of sulfone groups is 1. The van der Waals surface area contributed by atoms with Gasteiger partial charge in [0, 0.05) is 30.3 Å². The maximum Gasteiger partial charge on any atom is 0.210 e. The summed E-state index contributed by atoms with van der Waals surface area (Å²) in [6.07, 6.45) is 3.08. The highest BCUT2D eigenvalue weighted by Gasteiger charge is 2.25. The van der Waals surface area contributed by atoms with E-state index in [9.17, 15) is 8.42 Å². The second kappa shape index (κ2) is 5.21. The minimum absolute atomic E-state index is 0.242. The third-order valence-electron chi connectivity index (χ3n) is 3.80. The van der Waals surface area contributed by atoms with Crippen molar-refractivity contribution in [2.75, 3.05) is 0 Å². The number of halogens is 1. The van der Waals surface area contributed by atoms with Gasteiger partial charge in [-0.2, -0.15) is 0 Å². The van der Waals surface area contributed by atoms with E-state index in [1.807, 2.05) is 36.7 Å². The number of nitrogens with zero attached hydrogens (tertiary/aromatic N) is 2. The summed E-state index contributed by atoms with van der Waals surface area (Å²) in [6.45, 7) is 3.70. The van der Waals surface area contributed by atoms with Crippen molar-refractivity contribution >= 4 is 36.7 Å². The molecule has 4 nitrogen and oxygen atoms in total. The first kappa shape index (κ1) is 15.2. The van der Waals surface area contributed by atoms with E-state index in [-0.39, 0.29) is 4.90 Å². The topological polar surface area (TPSA) is 52.0 Å². The van der Waals surface area contributed by atoms with Crippen LogP contribution in [0.5, 0.6) is 0 Å². The van der Waals surface area contributed by atoms with Crippen molar-refractivity contribution in [2.45, 2.75) is 23.6 Å². The van der Waals surface area contributed by atoms with E-state index in [2.05, 4.69) is 20.9 Å². The van der Waals surface area contributed by atoms with Gasteiger partial charge in [-0.25, -0.2) is 13.4 Å². The maximum atomic E-state index is 13.1. The quantitative estimate of drug-likeness (QED) is 0.637. The first-order valence-corrected chi connectivity index (χ1v) is 9.02. The van der Waals surface area contributed by atoms with Gasteiger partial charge in [-0.05, 0) is 53.0 Å². The second-order valence-corrected chi connectivity index (χ2v) is 8.05. The zero-order chi connectivity index (χ0) is 16.1. The number of hydrogen-bond acceptors (Lipinski definition) is 3. The lowest BCUT2D eigenvalue weighted by Gasteiger charge is -2.07. The Labute approximate surface area is 137 Å². The second-order valence-electron chi connectivity index (χ2n) is 5.35. The molecule has 1 aromatic carbocycles. The van der Waals surface area contributed by atoms with Gasteiger partial charge < -0.3 is 4.57 Å². The summed E-state index contributed by atoms with van der Waals surface area (Å²) < 4.78 is 28.6. The van der Waals surface area contributed by atoms with Crippen LogP contribution in [0.3, 0.4) is 0 Å². The zero-order valence-corrected chi connectivity index (χ0v) is 14.9. The molecule has 0 aliphatic heterocycles. The van der Waals surface area contributed by atoms with Crippen LogP contribution in [-0.2, 0) is 16.9 Å². The Hall–Kier alpha value is -1.66. The number of benzene rings is 1. The van der Waals surface area contributed by atoms with Crippen LogP contribution in [0.2, 0.25) is 0 Å². The van der Waals surface area contributed by atoms with Crippen LogP contribution < -0.4 is 0 Å². The highest BCUT2D eigenvalue weighted by molar-refractivity contribution is 9.10. The fourth-order valence-electron chi connectivity index (χ4n) is 2.69. The molecule has 3 rings (SSSR count). The van der Waals surface area contributed by atoms with Gasteiger partial charge in [0.15, 0.2) is 0 Å². The van der Waals surface area contributed by atoms with Crippen molar-refractivity contribution in [1.29, 1.82) is 0 Å². The van der Waals surface area contributed by atoms with Gasteiger partial charge in [-0.15, -0.1) is 0 Å². The molecule has 0 spiro atoms. The molecule has 22 heavy (non-hydrogen) atoms. The van der Waals surface area contributed by atoms with E-state index >= 15 is 0 Å². The normalized spacial score (nSPS) is 12.0. The van der Waals surface area contributed by atoms with Crippen LogP contribution in [-0.4, -0.2) is 18.0 Å². The van der Waals surface area contributed by atoms with Crippen molar-refractivity contribution in [3.05, 3.63) is 52.4 Å². The molecule has 0 atom stereocenters. The van der Waals surface area contributed by atoms with E-state index < -0.39 is 9.84 Å². The summed E-state index contributed by atoms with van der Waals surface area (Å²) in [5.74, 6) is 0. The molecule has 2 heterocycles. The fraction of sp³-hybridized carbons (Fsp3) is 0.188. The lowest BCUT2D eigenvalue weighted by Crippen LogP contribution is -2.05. The van der Waals surface area contributed by atoms with Crippen molar-refractivity contribution in [2.24, 2.45) is 7.05 Å². The average Bonchev–Trinajstić information content (AvgIpc) is 2.78. The molecule has 0 unspecified atom stereocenters. The van der Waals surface area contributed by atoms with E-state index in [1.54, 1.807) is 19.2 Å². The Kier molecular flexibility index (Phi) is 3.61. The summed E-state index contributed by atoms with van der Waals surface area (Å²) in [4.78, 5) is 4.64. The molecule has 114 valence electrons. The van der Waals surface area contributed by atoms with E-state index in [0.717, 1.165) is 16.5 Å². The van der Waals surface area contributed by atoms with Gasteiger partial charge in [0.25, 0.3) is 0 Å². The van der Waals surface area contributed by atoms with Gasteiger partial charge in [0.05, 0.1) is 9.79 Å². The monoisotopic (exact) mass is 378 g/mol. The SMILES string of the molecule is Cc1cc(Br)ncc1S(=O)(=O)c1cn(C)c2cccc(C)c12. The summed E-state index contributed by atoms with van der Waals surface area (Å²) in [5, 5.41) is 0.771. The average molecular weight is 379 g/mol. The highest BCUT2D eigenvalue weighted by atomic mass is 79.9. The highest BCUT2D eigenvalue weighted by Crippen LogP contribution is 2.33. The van der Waals surface area contributed by atoms with Crippen LogP contribution in [0.4, 0.5) is 0 Å². The van der Waals surface area contributed by atoms with Crippen molar-refractivity contribution < 1.29 is 8.42 Å². The summed E-state index contributed by atoms with van der Waals surface area (Å²) in [7, 11) is -1.76. The van der Waals surface area contributed by atoms with E-state index in [1.165, 1.54) is 6.20 Å². The molecule has 2 aromatic heterocycles.